The monoisotopic (exact) mass is 849 g/mol. The first-order valence-corrected chi connectivity index (χ1v) is 25.4. The van der Waals surface area contributed by atoms with Crippen LogP contribution in [0.1, 0.15) is 239 Å². The Bertz CT molecular complexity index is 1040. The summed E-state index contributed by atoms with van der Waals surface area (Å²) in [4.78, 5) is 37.1. The Morgan fingerprint density at radius 3 is 1.33 bits per heavy atom. The molecule has 0 saturated heterocycles. The zero-order chi connectivity index (χ0) is 44.2. The molecular formula is C52H98NO7+. The molecule has 2 atom stereocenters. The molecule has 8 heteroatoms. The Hall–Kier alpha value is -2.19. The number of carboxylic acids is 1. The van der Waals surface area contributed by atoms with Crippen LogP contribution in [0.25, 0.3) is 0 Å². The van der Waals surface area contributed by atoms with Crippen molar-refractivity contribution in [3.8, 4) is 0 Å². The second-order valence-electron chi connectivity index (χ2n) is 18.4. The molecule has 352 valence electrons. The van der Waals surface area contributed by atoms with Crippen LogP contribution in [-0.4, -0.2) is 80.6 Å². The Kier molecular flexibility index (Phi) is 41.9. The third-order valence-electron chi connectivity index (χ3n) is 11.6. The molecular weight excluding hydrogens is 751 g/mol. The van der Waals surface area contributed by atoms with Crippen molar-refractivity contribution in [2.75, 3.05) is 41.0 Å². The van der Waals surface area contributed by atoms with E-state index in [-0.39, 0.29) is 36.2 Å². The molecule has 60 heavy (non-hydrogen) atoms. The molecule has 0 radical (unpaired) electrons. The van der Waals surface area contributed by atoms with Crippen molar-refractivity contribution in [1.82, 2.24) is 0 Å². The van der Waals surface area contributed by atoms with Crippen LogP contribution in [0.3, 0.4) is 0 Å². The molecule has 0 rings (SSSR count). The molecule has 8 nitrogen and oxygen atoms in total. The number of carboxylic acid groups (broad SMARTS) is 1. The van der Waals surface area contributed by atoms with Crippen molar-refractivity contribution in [3.63, 3.8) is 0 Å². The highest BCUT2D eigenvalue weighted by atomic mass is 16.6. The minimum absolute atomic E-state index is 0.0520. The first-order chi connectivity index (χ1) is 29.1. The lowest BCUT2D eigenvalue weighted by Crippen LogP contribution is -2.50. The number of carbonyl (C=O) groups is 3. The summed E-state index contributed by atoms with van der Waals surface area (Å²) in [7, 11) is 5.53. The lowest BCUT2D eigenvalue weighted by molar-refractivity contribution is -0.887. The van der Waals surface area contributed by atoms with Gasteiger partial charge in [0.2, 0.25) is 0 Å². The van der Waals surface area contributed by atoms with Crippen molar-refractivity contribution >= 4 is 17.9 Å². The highest BCUT2D eigenvalue weighted by Crippen LogP contribution is 2.16. The maximum atomic E-state index is 12.7. The summed E-state index contributed by atoms with van der Waals surface area (Å²) in [6, 6.07) is -0.615. The average molecular weight is 849 g/mol. The first-order valence-electron chi connectivity index (χ1n) is 25.4. The molecule has 0 bridgehead atoms. The number of carbonyl (C=O) groups excluding carboxylic acids is 2. The van der Waals surface area contributed by atoms with E-state index in [9.17, 15) is 19.5 Å². The van der Waals surface area contributed by atoms with E-state index in [1.165, 1.54) is 141 Å². The van der Waals surface area contributed by atoms with Crippen molar-refractivity contribution in [1.29, 1.82) is 0 Å². The number of hydrogen-bond acceptors (Lipinski definition) is 6. The number of nitrogens with zero attached hydrogens (tertiary/aromatic N) is 1. The van der Waals surface area contributed by atoms with Crippen molar-refractivity contribution in [3.05, 3.63) is 24.3 Å². The maximum Gasteiger partial charge on any atom is 0.362 e. The zero-order valence-electron chi connectivity index (χ0n) is 40.2. The van der Waals surface area contributed by atoms with Crippen LogP contribution >= 0.6 is 0 Å². The molecule has 0 aliphatic heterocycles. The SMILES string of the molecule is CCCC/C=C\C/C=C\CCCCCCCC(=O)OC(COCCC(C(=O)O)[N+](C)(C)C)COC(=O)CCCCCCCCCCCCCCCCCCCCCCCC. The van der Waals surface area contributed by atoms with E-state index in [1.807, 2.05) is 21.1 Å². The zero-order valence-corrected chi connectivity index (χ0v) is 40.2. The minimum Gasteiger partial charge on any atom is -0.477 e. The predicted molar refractivity (Wildman–Crippen MR) is 252 cm³/mol. The van der Waals surface area contributed by atoms with Crippen molar-refractivity contribution in [2.24, 2.45) is 0 Å². The van der Waals surface area contributed by atoms with Crippen LogP contribution in [-0.2, 0) is 28.6 Å². The number of hydrogen-bond donors (Lipinski definition) is 1. The van der Waals surface area contributed by atoms with E-state index in [0.29, 0.717) is 19.3 Å². The number of aliphatic carboxylic acids is 1. The molecule has 0 heterocycles. The fraction of sp³-hybridized carbons (Fsp3) is 0.865. The van der Waals surface area contributed by atoms with Gasteiger partial charge in [0.05, 0.1) is 34.4 Å². The normalized spacial score (nSPS) is 13.0. The predicted octanol–water partition coefficient (Wildman–Crippen LogP) is 14.4. The largest absolute Gasteiger partial charge is 0.477 e. The Morgan fingerprint density at radius 2 is 0.900 bits per heavy atom. The molecule has 0 aliphatic rings. The van der Waals surface area contributed by atoms with E-state index in [0.717, 1.165) is 64.2 Å². The van der Waals surface area contributed by atoms with Crippen LogP contribution in [0, 0.1) is 0 Å². The van der Waals surface area contributed by atoms with E-state index >= 15 is 0 Å². The molecule has 0 aliphatic carbocycles. The topological polar surface area (TPSA) is 99.1 Å². The van der Waals surface area contributed by atoms with Crippen molar-refractivity contribution < 1.29 is 38.2 Å². The number of ether oxygens (including phenoxy) is 3. The number of quaternary nitrogens is 1. The van der Waals surface area contributed by atoms with Gasteiger partial charge in [0.1, 0.15) is 6.61 Å². The van der Waals surface area contributed by atoms with Crippen molar-refractivity contribution in [2.45, 2.75) is 251 Å². The molecule has 0 saturated carbocycles. The summed E-state index contributed by atoms with van der Waals surface area (Å²) >= 11 is 0. The summed E-state index contributed by atoms with van der Waals surface area (Å²) < 4.78 is 17.3. The van der Waals surface area contributed by atoms with Crippen LogP contribution in [0.15, 0.2) is 24.3 Å². The lowest BCUT2D eigenvalue weighted by Gasteiger charge is -2.31. The molecule has 1 N–H and O–H groups in total. The molecule has 0 fully saturated rings. The van der Waals surface area contributed by atoms with Gasteiger partial charge in [0, 0.05) is 19.3 Å². The second-order valence-corrected chi connectivity index (χ2v) is 18.4. The van der Waals surface area contributed by atoms with Gasteiger partial charge in [-0.1, -0.05) is 205 Å². The number of likely N-dealkylation sites (N-methyl/N-ethyl adjacent to an activating group) is 1. The Morgan fingerprint density at radius 1 is 0.500 bits per heavy atom. The molecule has 0 amide bonds. The van der Waals surface area contributed by atoms with Gasteiger partial charge >= 0.3 is 17.9 Å². The number of rotatable bonds is 46. The molecule has 0 aromatic rings. The van der Waals surface area contributed by atoms with Gasteiger partial charge in [-0.3, -0.25) is 9.59 Å². The van der Waals surface area contributed by atoms with Gasteiger partial charge in [0.15, 0.2) is 12.1 Å². The van der Waals surface area contributed by atoms with E-state index < -0.39 is 18.1 Å². The van der Waals surface area contributed by atoms with Crippen LogP contribution in [0.4, 0.5) is 0 Å². The van der Waals surface area contributed by atoms with Gasteiger partial charge in [-0.25, -0.2) is 4.79 Å². The van der Waals surface area contributed by atoms with E-state index in [2.05, 4.69) is 38.2 Å². The third-order valence-corrected chi connectivity index (χ3v) is 11.6. The summed E-state index contributed by atoms with van der Waals surface area (Å²) in [5.41, 5.74) is 0. The molecule has 0 spiro atoms. The van der Waals surface area contributed by atoms with Gasteiger partial charge < -0.3 is 23.8 Å². The highest BCUT2D eigenvalue weighted by molar-refractivity contribution is 5.72. The molecule has 0 aromatic carbocycles. The van der Waals surface area contributed by atoms with Gasteiger partial charge in [-0.05, 0) is 38.5 Å². The fourth-order valence-electron chi connectivity index (χ4n) is 7.64. The van der Waals surface area contributed by atoms with Crippen LogP contribution in [0.2, 0.25) is 0 Å². The van der Waals surface area contributed by atoms with E-state index in [1.54, 1.807) is 0 Å². The number of allylic oxidation sites excluding steroid dienone is 4. The average Bonchev–Trinajstić information content (AvgIpc) is 3.21. The van der Waals surface area contributed by atoms with Gasteiger partial charge in [-0.15, -0.1) is 0 Å². The molecule has 0 aromatic heterocycles. The van der Waals surface area contributed by atoms with Crippen LogP contribution < -0.4 is 0 Å². The maximum absolute atomic E-state index is 12.7. The minimum atomic E-state index is -0.875. The fourth-order valence-corrected chi connectivity index (χ4v) is 7.64. The third kappa shape index (κ3) is 41.2. The highest BCUT2D eigenvalue weighted by Gasteiger charge is 2.31. The lowest BCUT2D eigenvalue weighted by atomic mass is 10.0. The summed E-state index contributed by atoms with van der Waals surface area (Å²) in [6.45, 7) is 4.72. The number of unbranched alkanes of at least 4 members (excludes halogenated alkanes) is 28. The smallest absolute Gasteiger partial charge is 0.362 e. The van der Waals surface area contributed by atoms with Crippen LogP contribution in [0.5, 0.6) is 0 Å². The Labute approximate surface area is 371 Å². The molecule has 2 unspecified atom stereocenters. The summed E-state index contributed by atoms with van der Waals surface area (Å²) in [5.74, 6) is -1.47. The standard InChI is InChI=1S/C52H97NO7/c1-6-8-10-12-14-16-18-20-22-23-24-25-26-27-28-29-31-32-34-36-38-40-42-50(54)59-47-48(46-58-45-44-49(52(56)57)53(3,4)5)60-51(55)43-41-39-37-35-33-30-21-19-17-15-13-11-9-7-2/h13,15,19,21,48-49H,6-12,14,16-18,20,22-47H2,1-5H3/p+1/b15-13-,21-19-. The Balaban J connectivity index is 4.18. The summed E-state index contributed by atoms with van der Waals surface area (Å²) in [5, 5.41) is 9.64. The van der Waals surface area contributed by atoms with E-state index in [4.69, 9.17) is 14.2 Å². The first kappa shape index (κ1) is 57.8. The second kappa shape index (κ2) is 43.5. The summed E-state index contributed by atoms with van der Waals surface area (Å²) in [6.07, 6.45) is 49.4. The van der Waals surface area contributed by atoms with Gasteiger partial charge in [-0.2, -0.15) is 0 Å². The van der Waals surface area contributed by atoms with Gasteiger partial charge in [0.25, 0.3) is 0 Å². The quantitative estimate of drug-likeness (QED) is 0.0282. The number of esters is 2.